The van der Waals surface area contributed by atoms with Crippen molar-refractivity contribution in [3.63, 3.8) is 0 Å². The SMILES string of the molecule is [Ag].[Cd].[Cu].[Pb]. The molecule has 6 radical (unpaired) electrons. The van der Waals surface area contributed by atoms with Gasteiger partial charge in [-0.2, -0.15) is 0 Å². The fourth-order valence-electron chi connectivity index (χ4n) is 0. The first kappa shape index (κ1) is 27.5. The molecule has 4 heteroatoms. The Bertz CT molecular complexity index is 8.00. The second-order valence-electron chi connectivity index (χ2n) is 0. The van der Waals surface area contributed by atoms with Gasteiger partial charge in [-0.05, 0) is 0 Å². The van der Waals surface area contributed by atoms with E-state index in [1.807, 2.05) is 0 Å². The molecular weight excluding hydrogens is 491 g/mol. The Hall–Kier alpha value is 3.10. The zero-order chi connectivity index (χ0) is 0. The Balaban J connectivity index is 0. The van der Waals surface area contributed by atoms with Crippen LogP contribution in [0.25, 0.3) is 0 Å². The summed E-state index contributed by atoms with van der Waals surface area (Å²) in [6.45, 7) is 0. The van der Waals surface area contributed by atoms with E-state index in [0.29, 0.717) is 0 Å². The summed E-state index contributed by atoms with van der Waals surface area (Å²) in [4.78, 5) is 0. The first-order chi connectivity index (χ1) is 0. The minimum absolute atomic E-state index is 0. The molecule has 0 aromatic carbocycles. The topological polar surface area (TPSA) is 0 Å². The molecule has 0 fully saturated rings. The van der Waals surface area contributed by atoms with Crippen molar-refractivity contribution in [2.45, 2.75) is 0 Å². The van der Waals surface area contributed by atoms with Gasteiger partial charge in [-0.3, -0.25) is 0 Å². The molecule has 0 saturated heterocycles. The molecule has 0 atom stereocenters. The van der Waals surface area contributed by atoms with Gasteiger partial charge in [0.1, 0.15) is 0 Å². The summed E-state index contributed by atoms with van der Waals surface area (Å²) in [6.07, 6.45) is 0. The van der Waals surface area contributed by atoms with E-state index in [2.05, 4.69) is 0 Å². The third-order valence-electron chi connectivity index (χ3n) is 0. The third-order valence-corrected chi connectivity index (χ3v) is 0. The molecule has 0 nitrogen and oxygen atoms in total. The van der Waals surface area contributed by atoms with E-state index in [9.17, 15) is 0 Å². The monoisotopic (exact) mass is 492 g/mol. The normalized spacial score (nSPS) is 0. The molecule has 0 saturated carbocycles. The van der Waals surface area contributed by atoms with Gasteiger partial charge in [-0.15, -0.1) is 0 Å². The van der Waals surface area contributed by atoms with E-state index in [-0.39, 0.29) is 94.0 Å². The summed E-state index contributed by atoms with van der Waals surface area (Å²) in [6, 6.07) is 0. The van der Waals surface area contributed by atoms with Crippen molar-refractivity contribution >= 4 is 27.3 Å². The van der Waals surface area contributed by atoms with Gasteiger partial charge < -0.3 is 0 Å². The molecule has 0 amide bonds. The summed E-state index contributed by atoms with van der Waals surface area (Å²) in [7, 11) is 0. The fourth-order valence-corrected chi connectivity index (χ4v) is 0. The Morgan fingerprint density at radius 2 is 1.00 bits per heavy atom. The van der Waals surface area contributed by atoms with Crippen LogP contribution < -0.4 is 0 Å². The van der Waals surface area contributed by atoms with E-state index < -0.39 is 0 Å². The maximum Gasteiger partial charge on any atom is 0 e. The van der Waals surface area contributed by atoms with Crippen LogP contribution in [0.4, 0.5) is 0 Å². The number of rotatable bonds is 0. The molecule has 0 N–H and O–H groups in total. The van der Waals surface area contributed by atoms with Crippen LogP contribution in [0.3, 0.4) is 0 Å². The number of hydrogen-bond acceptors (Lipinski definition) is 0. The average Bonchev–Trinajstić information content (AvgIpc) is 0. The minimum Gasteiger partial charge on any atom is 0 e. The third kappa shape index (κ3) is 8.92. The van der Waals surface area contributed by atoms with Gasteiger partial charge in [0.25, 0.3) is 0 Å². The van der Waals surface area contributed by atoms with Crippen LogP contribution in [0.5, 0.6) is 0 Å². The van der Waals surface area contributed by atoms with Crippen molar-refractivity contribution < 1.29 is 66.7 Å². The van der Waals surface area contributed by atoms with Gasteiger partial charge in [0.2, 0.25) is 0 Å². The molecule has 0 aromatic heterocycles. The Labute approximate surface area is 92.2 Å². The van der Waals surface area contributed by atoms with Crippen LogP contribution in [0, 0.1) is 0 Å². The summed E-state index contributed by atoms with van der Waals surface area (Å²) >= 11 is 0. The summed E-state index contributed by atoms with van der Waals surface area (Å²) < 4.78 is 0. The Kier molecular flexibility index (Phi) is 113. The molecular formula is AgCdCuPb. The van der Waals surface area contributed by atoms with E-state index in [0.717, 1.165) is 0 Å². The predicted molar refractivity (Wildman–Crippen MR) is 5.75 cm³/mol. The van der Waals surface area contributed by atoms with Crippen LogP contribution in [0.2, 0.25) is 0 Å². The molecule has 4 heavy (non-hydrogen) atoms. The van der Waals surface area contributed by atoms with Gasteiger partial charge in [-0.1, -0.05) is 0 Å². The molecule has 0 rings (SSSR count). The van der Waals surface area contributed by atoms with Gasteiger partial charge in [0, 0.05) is 94.0 Å². The quantitative estimate of drug-likeness (QED) is 0.406. The fraction of sp³-hybridized carbons (Fsp3) is 0. The molecule has 0 heterocycles. The van der Waals surface area contributed by atoms with Crippen molar-refractivity contribution in [1.29, 1.82) is 0 Å². The second kappa shape index (κ2) is 16.5. The molecule has 0 aliphatic heterocycles. The average molecular weight is 491 g/mol. The summed E-state index contributed by atoms with van der Waals surface area (Å²) in [5.41, 5.74) is 0. The van der Waals surface area contributed by atoms with E-state index in [1.165, 1.54) is 0 Å². The standard InChI is InChI=1S/Ag.Cd.Cu.Pb. The summed E-state index contributed by atoms with van der Waals surface area (Å²) in [5.74, 6) is 0. The first-order valence-electron chi connectivity index (χ1n) is 0. The molecule has 0 aliphatic carbocycles. The van der Waals surface area contributed by atoms with Gasteiger partial charge in [0.05, 0.1) is 0 Å². The van der Waals surface area contributed by atoms with Gasteiger partial charge >= 0.3 is 0 Å². The molecule has 0 aromatic rings. The molecule has 0 unspecified atom stereocenters. The smallest absolute Gasteiger partial charge is 0 e. The zero-order valence-electron chi connectivity index (χ0n) is 1.81. The van der Waals surface area contributed by atoms with E-state index in [1.54, 1.807) is 0 Å². The largest absolute Gasteiger partial charge is 0 e. The molecule has 0 aliphatic rings. The van der Waals surface area contributed by atoms with Crippen molar-refractivity contribution in [3.05, 3.63) is 0 Å². The number of hydrogen-bond donors (Lipinski definition) is 0. The predicted octanol–water partition coefficient (Wildman–Crippen LogP) is -0.388. The molecule has 0 bridgehead atoms. The van der Waals surface area contributed by atoms with Gasteiger partial charge in [-0.25, -0.2) is 0 Å². The van der Waals surface area contributed by atoms with Crippen molar-refractivity contribution in [2.24, 2.45) is 0 Å². The summed E-state index contributed by atoms with van der Waals surface area (Å²) in [5, 5.41) is 0. The Morgan fingerprint density at radius 3 is 1.00 bits per heavy atom. The Morgan fingerprint density at radius 1 is 1.00 bits per heavy atom. The van der Waals surface area contributed by atoms with Crippen LogP contribution in [0.1, 0.15) is 0 Å². The first-order valence-corrected chi connectivity index (χ1v) is 0. The van der Waals surface area contributed by atoms with Crippen LogP contribution in [0.15, 0.2) is 0 Å². The maximum atomic E-state index is 0. The minimum atomic E-state index is 0. The van der Waals surface area contributed by atoms with Crippen molar-refractivity contribution in [3.8, 4) is 0 Å². The van der Waals surface area contributed by atoms with Crippen molar-refractivity contribution in [2.75, 3.05) is 0 Å². The van der Waals surface area contributed by atoms with Crippen LogP contribution >= 0.6 is 0 Å². The second-order valence-corrected chi connectivity index (χ2v) is 0. The maximum absolute atomic E-state index is 0. The molecule has 28 valence electrons. The van der Waals surface area contributed by atoms with Gasteiger partial charge in [0.15, 0.2) is 0 Å². The zero-order valence-corrected chi connectivity index (χ0v) is 12.2. The molecule has 0 spiro atoms. The van der Waals surface area contributed by atoms with Crippen molar-refractivity contribution in [1.82, 2.24) is 0 Å². The van der Waals surface area contributed by atoms with Crippen LogP contribution in [-0.4, -0.2) is 27.3 Å². The van der Waals surface area contributed by atoms with Crippen LogP contribution in [-0.2, 0) is 66.7 Å². The van der Waals surface area contributed by atoms with E-state index in [4.69, 9.17) is 0 Å². The van der Waals surface area contributed by atoms with E-state index >= 15 is 0 Å².